The van der Waals surface area contributed by atoms with Crippen molar-refractivity contribution in [1.29, 1.82) is 0 Å². The molecule has 0 unspecified atom stereocenters. The van der Waals surface area contributed by atoms with Crippen molar-refractivity contribution in [2.45, 2.75) is 58.3 Å². The third kappa shape index (κ3) is 4.51. The highest BCUT2D eigenvalue weighted by molar-refractivity contribution is 7.11. The minimum absolute atomic E-state index is 0.157. The van der Waals surface area contributed by atoms with Gasteiger partial charge in [0.05, 0.1) is 17.8 Å². The number of hydrogen-bond donors (Lipinski definition) is 0. The Morgan fingerprint density at radius 1 is 1.39 bits per heavy atom. The summed E-state index contributed by atoms with van der Waals surface area (Å²) < 4.78 is 10.6. The zero-order valence-corrected chi connectivity index (χ0v) is 14.9. The van der Waals surface area contributed by atoms with Crippen molar-refractivity contribution in [3.63, 3.8) is 0 Å². The third-order valence-corrected chi connectivity index (χ3v) is 4.42. The van der Waals surface area contributed by atoms with Gasteiger partial charge in [0, 0.05) is 13.7 Å². The SMILES string of the molecule is COCc1ncsc1C(=O)N1CCCC[C@H]1C(=O)OC(C)(C)C. The Kier molecular flexibility index (Phi) is 5.75. The average Bonchev–Trinajstić information content (AvgIpc) is 2.93. The van der Waals surface area contributed by atoms with E-state index in [-0.39, 0.29) is 18.5 Å². The number of rotatable bonds is 4. The summed E-state index contributed by atoms with van der Waals surface area (Å²) >= 11 is 1.28. The molecular weight excluding hydrogens is 316 g/mol. The minimum atomic E-state index is -0.561. The van der Waals surface area contributed by atoms with E-state index in [4.69, 9.17) is 9.47 Å². The van der Waals surface area contributed by atoms with Gasteiger partial charge >= 0.3 is 5.97 Å². The van der Waals surface area contributed by atoms with Crippen LogP contribution >= 0.6 is 11.3 Å². The molecule has 1 aromatic rings. The summed E-state index contributed by atoms with van der Waals surface area (Å²) in [6.07, 6.45) is 2.45. The lowest BCUT2D eigenvalue weighted by Gasteiger charge is -2.35. The molecule has 1 aliphatic rings. The van der Waals surface area contributed by atoms with Crippen molar-refractivity contribution in [1.82, 2.24) is 9.88 Å². The Labute approximate surface area is 140 Å². The molecule has 0 saturated carbocycles. The Bertz CT molecular complexity index is 565. The summed E-state index contributed by atoms with van der Waals surface area (Å²) in [5, 5.41) is 0. The quantitative estimate of drug-likeness (QED) is 0.788. The fourth-order valence-corrected chi connectivity index (χ4v) is 3.35. The Morgan fingerprint density at radius 3 is 2.78 bits per heavy atom. The molecule has 1 aliphatic heterocycles. The second-order valence-corrected chi connectivity index (χ2v) is 7.46. The van der Waals surface area contributed by atoms with E-state index >= 15 is 0 Å². The minimum Gasteiger partial charge on any atom is -0.458 e. The maximum atomic E-state index is 12.9. The van der Waals surface area contributed by atoms with Crippen LogP contribution in [0.25, 0.3) is 0 Å². The largest absolute Gasteiger partial charge is 0.458 e. The number of carbonyl (C=O) groups is 2. The first kappa shape index (κ1) is 17.9. The molecule has 0 bridgehead atoms. The highest BCUT2D eigenvalue weighted by atomic mass is 32.1. The molecule has 0 radical (unpaired) electrons. The molecule has 128 valence electrons. The van der Waals surface area contributed by atoms with Gasteiger partial charge in [0.15, 0.2) is 0 Å². The van der Waals surface area contributed by atoms with Gasteiger partial charge in [0.25, 0.3) is 5.91 Å². The van der Waals surface area contributed by atoms with Crippen molar-refractivity contribution >= 4 is 23.2 Å². The summed E-state index contributed by atoms with van der Waals surface area (Å²) in [4.78, 5) is 31.7. The number of esters is 1. The molecule has 0 N–H and O–H groups in total. The van der Waals surface area contributed by atoms with Crippen LogP contribution < -0.4 is 0 Å². The van der Waals surface area contributed by atoms with Crippen LogP contribution in [0.5, 0.6) is 0 Å². The molecule has 0 aromatic carbocycles. The summed E-state index contributed by atoms with van der Waals surface area (Å²) in [6, 6.07) is -0.520. The maximum absolute atomic E-state index is 12.9. The zero-order chi connectivity index (χ0) is 17.0. The Hall–Kier alpha value is -1.47. The predicted octanol–water partition coefficient (Wildman–Crippen LogP) is 2.63. The normalized spacial score (nSPS) is 18.8. The van der Waals surface area contributed by atoms with Crippen LogP contribution in [0.4, 0.5) is 0 Å². The Morgan fingerprint density at radius 2 is 2.13 bits per heavy atom. The van der Waals surface area contributed by atoms with Gasteiger partial charge in [-0.15, -0.1) is 11.3 Å². The van der Waals surface area contributed by atoms with Crippen LogP contribution in [0.3, 0.4) is 0 Å². The van der Waals surface area contributed by atoms with Crippen molar-refractivity contribution in [3.8, 4) is 0 Å². The number of likely N-dealkylation sites (tertiary alicyclic amines) is 1. The molecular formula is C16H24N2O4S. The van der Waals surface area contributed by atoms with Crippen LogP contribution in [-0.4, -0.2) is 47.1 Å². The molecule has 1 aromatic heterocycles. The van der Waals surface area contributed by atoms with Crippen molar-refractivity contribution in [3.05, 3.63) is 16.1 Å². The fourth-order valence-electron chi connectivity index (χ4n) is 2.60. The first-order chi connectivity index (χ1) is 10.8. The van der Waals surface area contributed by atoms with E-state index in [1.54, 1.807) is 17.5 Å². The molecule has 2 rings (SSSR count). The topological polar surface area (TPSA) is 68.7 Å². The second-order valence-electron chi connectivity index (χ2n) is 6.60. The standard InChI is InChI=1S/C16H24N2O4S/c1-16(2,3)22-15(20)12-7-5-6-8-18(12)14(19)13-11(9-21-4)17-10-23-13/h10,12H,5-9H2,1-4H3/t12-/m0/s1. The van der Waals surface area contributed by atoms with E-state index in [1.165, 1.54) is 11.3 Å². The molecule has 2 heterocycles. The molecule has 1 fully saturated rings. The van der Waals surface area contributed by atoms with Crippen LogP contribution in [0.2, 0.25) is 0 Å². The Balaban J connectivity index is 2.18. The van der Waals surface area contributed by atoms with Crippen molar-refractivity contribution < 1.29 is 19.1 Å². The predicted molar refractivity (Wildman–Crippen MR) is 87.3 cm³/mol. The smallest absolute Gasteiger partial charge is 0.329 e. The maximum Gasteiger partial charge on any atom is 0.329 e. The van der Waals surface area contributed by atoms with Gasteiger partial charge in [-0.2, -0.15) is 0 Å². The molecule has 0 spiro atoms. The van der Waals surface area contributed by atoms with Gasteiger partial charge in [-0.25, -0.2) is 9.78 Å². The van der Waals surface area contributed by atoms with Gasteiger partial charge in [0.2, 0.25) is 0 Å². The van der Waals surface area contributed by atoms with Gasteiger partial charge in [-0.1, -0.05) is 0 Å². The van der Waals surface area contributed by atoms with E-state index in [2.05, 4.69) is 4.98 Å². The molecule has 7 heteroatoms. The number of piperidine rings is 1. The third-order valence-electron chi connectivity index (χ3n) is 3.56. The van der Waals surface area contributed by atoms with Crippen LogP contribution in [0, 0.1) is 0 Å². The molecule has 1 amide bonds. The van der Waals surface area contributed by atoms with Crippen LogP contribution in [0.1, 0.15) is 55.4 Å². The number of methoxy groups -OCH3 is 1. The van der Waals surface area contributed by atoms with Crippen LogP contribution in [-0.2, 0) is 20.9 Å². The van der Waals surface area contributed by atoms with Gasteiger partial charge in [0.1, 0.15) is 16.5 Å². The number of thiazole rings is 1. The highest BCUT2D eigenvalue weighted by Crippen LogP contribution is 2.25. The summed E-state index contributed by atoms with van der Waals surface area (Å²) in [5.74, 6) is -0.488. The van der Waals surface area contributed by atoms with Crippen molar-refractivity contribution in [2.75, 3.05) is 13.7 Å². The molecule has 0 aliphatic carbocycles. The van der Waals surface area contributed by atoms with E-state index in [1.807, 2.05) is 20.8 Å². The zero-order valence-electron chi connectivity index (χ0n) is 14.1. The second kappa shape index (κ2) is 7.40. The van der Waals surface area contributed by atoms with E-state index < -0.39 is 11.6 Å². The molecule has 1 saturated heterocycles. The molecule has 6 nitrogen and oxygen atoms in total. The molecule has 1 atom stereocenters. The number of hydrogen-bond acceptors (Lipinski definition) is 6. The summed E-state index contributed by atoms with van der Waals surface area (Å²) in [7, 11) is 1.57. The van der Waals surface area contributed by atoms with Crippen molar-refractivity contribution in [2.24, 2.45) is 0 Å². The number of amides is 1. The fraction of sp³-hybridized carbons (Fsp3) is 0.688. The number of nitrogens with zero attached hydrogens (tertiary/aromatic N) is 2. The van der Waals surface area contributed by atoms with Crippen LogP contribution in [0.15, 0.2) is 5.51 Å². The first-order valence-corrected chi connectivity index (χ1v) is 8.66. The lowest BCUT2D eigenvalue weighted by molar-refractivity contribution is -0.161. The van der Waals surface area contributed by atoms with Gasteiger partial charge in [-0.3, -0.25) is 4.79 Å². The number of ether oxygens (including phenoxy) is 2. The van der Waals surface area contributed by atoms with E-state index in [0.29, 0.717) is 23.5 Å². The van der Waals surface area contributed by atoms with Gasteiger partial charge in [-0.05, 0) is 40.0 Å². The number of aromatic nitrogens is 1. The first-order valence-electron chi connectivity index (χ1n) is 7.78. The highest BCUT2D eigenvalue weighted by Gasteiger charge is 2.36. The summed E-state index contributed by atoms with van der Waals surface area (Å²) in [5.41, 5.74) is 1.69. The number of carbonyl (C=O) groups excluding carboxylic acids is 2. The lowest BCUT2D eigenvalue weighted by Crippen LogP contribution is -2.50. The van der Waals surface area contributed by atoms with Gasteiger partial charge < -0.3 is 14.4 Å². The van der Waals surface area contributed by atoms with E-state index in [9.17, 15) is 9.59 Å². The molecule has 23 heavy (non-hydrogen) atoms. The average molecular weight is 340 g/mol. The van der Waals surface area contributed by atoms with E-state index in [0.717, 1.165) is 12.8 Å². The monoisotopic (exact) mass is 340 g/mol. The lowest BCUT2D eigenvalue weighted by atomic mass is 10.0. The summed E-state index contributed by atoms with van der Waals surface area (Å²) in [6.45, 7) is 6.35.